The van der Waals surface area contributed by atoms with Crippen molar-refractivity contribution in [3.8, 4) is 5.75 Å². The number of halogens is 2. The van der Waals surface area contributed by atoms with Crippen molar-refractivity contribution in [3.05, 3.63) is 75.1 Å². The van der Waals surface area contributed by atoms with E-state index in [0.717, 1.165) is 34.8 Å². The van der Waals surface area contributed by atoms with Crippen molar-refractivity contribution < 1.29 is 28.9 Å². The number of aliphatic hydroxyl groups is 2. The van der Waals surface area contributed by atoms with Gasteiger partial charge in [-0.25, -0.2) is 4.39 Å². The summed E-state index contributed by atoms with van der Waals surface area (Å²) in [6.45, 7) is 2.26. The maximum absolute atomic E-state index is 13.8. The van der Waals surface area contributed by atoms with E-state index in [1.807, 2.05) is 18.2 Å². The molecule has 7 nitrogen and oxygen atoms in total. The van der Waals surface area contributed by atoms with Crippen molar-refractivity contribution in [2.75, 3.05) is 13.2 Å². The second-order valence-electron chi connectivity index (χ2n) is 11.2. The van der Waals surface area contributed by atoms with Gasteiger partial charge in [-0.15, -0.1) is 0 Å². The fourth-order valence-electron chi connectivity index (χ4n) is 5.37. The Kier molecular flexibility index (Phi) is 15.5. The molecule has 3 rings (SSSR count). The van der Waals surface area contributed by atoms with Crippen LogP contribution in [0.15, 0.2) is 60.2 Å². The van der Waals surface area contributed by atoms with Gasteiger partial charge in [-0.1, -0.05) is 82.6 Å². The second kappa shape index (κ2) is 19.0. The van der Waals surface area contributed by atoms with Gasteiger partial charge in [0.2, 0.25) is 11.8 Å². The smallest absolute Gasteiger partial charge is 0.247 e. The fraction of sp³-hybridized carbons (Fsp3) is 0.529. The first kappa shape index (κ1) is 35.0. The van der Waals surface area contributed by atoms with E-state index in [0.29, 0.717) is 17.7 Å². The Bertz CT molecular complexity index is 1180. The topological polar surface area (TPSA) is 99.1 Å². The third-order valence-electron chi connectivity index (χ3n) is 7.80. The SMILES string of the molecule is CCCCCCCCCCCC(=O)N(Cc1ccc(F)cc1)C1CC(C(=O)NCCO)=CC(Oc2ccccc2I)C1O. The van der Waals surface area contributed by atoms with E-state index in [9.17, 15) is 24.2 Å². The molecule has 9 heteroatoms. The van der Waals surface area contributed by atoms with Crippen LogP contribution in [0.4, 0.5) is 4.39 Å². The zero-order chi connectivity index (χ0) is 31.0. The van der Waals surface area contributed by atoms with Crippen LogP contribution in [0.25, 0.3) is 0 Å². The molecule has 0 aliphatic heterocycles. The Morgan fingerprint density at radius 1 is 1.00 bits per heavy atom. The molecule has 43 heavy (non-hydrogen) atoms. The molecule has 0 radical (unpaired) electrons. The van der Waals surface area contributed by atoms with E-state index < -0.39 is 18.2 Å². The molecule has 3 N–H and O–H groups in total. The highest BCUT2D eigenvalue weighted by molar-refractivity contribution is 14.1. The Labute approximate surface area is 269 Å². The lowest BCUT2D eigenvalue weighted by atomic mass is 9.87. The predicted octanol–water partition coefficient (Wildman–Crippen LogP) is 6.30. The van der Waals surface area contributed by atoms with Crippen LogP contribution in [0.1, 0.15) is 83.1 Å². The van der Waals surface area contributed by atoms with Crippen LogP contribution in [-0.2, 0) is 16.1 Å². The number of hydrogen-bond acceptors (Lipinski definition) is 5. The minimum atomic E-state index is -1.11. The largest absolute Gasteiger partial charge is 0.482 e. The number of para-hydroxylation sites is 1. The van der Waals surface area contributed by atoms with Crippen LogP contribution in [0.3, 0.4) is 0 Å². The minimum absolute atomic E-state index is 0.0856. The number of aliphatic hydroxyl groups excluding tert-OH is 2. The van der Waals surface area contributed by atoms with E-state index in [1.54, 1.807) is 29.2 Å². The molecule has 0 saturated heterocycles. The number of benzene rings is 2. The lowest BCUT2D eigenvalue weighted by molar-refractivity contribution is -0.139. The van der Waals surface area contributed by atoms with Gasteiger partial charge in [0.25, 0.3) is 0 Å². The predicted molar refractivity (Wildman–Crippen MR) is 175 cm³/mol. The Morgan fingerprint density at radius 3 is 2.30 bits per heavy atom. The van der Waals surface area contributed by atoms with Crippen molar-refractivity contribution in [2.45, 2.75) is 102 Å². The number of ether oxygens (including phenoxy) is 1. The molecule has 2 aromatic carbocycles. The molecule has 3 atom stereocenters. The lowest BCUT2D eigenvalue weighted by Gasteiger charge is -2.40. The zero-order valence-electron chi connectivity index (χ0n) is 25.2. The van der Waals surface area contributed by atoms with Crippen molar-refractivity contribution >= 4 is 34.4 Å². The summed E-state index contributed by atoms with van der Waals surface area (Å²) in [5.74, 6) is -0.312. The van der Waals surface area contributed by atoms with Gasteiger partial charge < -0.3 is 25.2 Å². The summed E-state index contributed by atoms with van der Waals surface area (Å²) in [6, 6.07) is 12.6. The molecule has 0 bridgehead atoms. The third kappa shape index (κ3) is 11.5. The summed E-state index contributed by atoms with van der Waals surface area (Å²) < 4.78 is 20.7. The van der Waals surface area contributed by atoms with Gasteiger partial charge in [-0.05, 0) is 64.9 Å². The highest BCUT2D eigenvalue weighted by Crippen LogP contribution is 2.31. The molecular formula is C34H46FIN2O5. The molecule has 0 aromatic heterocycles. The molecule has 1 aliphatic carbocycles. The minimum Gasteiger partial charge on any atom is -0.482 e. The van der Waals surface area contributed by atoms with Crippen molar-refractivity contribution in [2.24, 2.45) is 0 Å². The molecule has 0 fully saturated rings. The number of nitrogens with one attached hydrogen (secondary N) is 1. The summed E-state index contributed by atoms with van der Waals surface area (Å²) in [4.78, 5) is 28.4. The van der Waals surface area contributed by atoms with E-state index in [-0.39, 0.29) is 43.7 Å². The molecule has 0 spiro atoms. The molecule has 3 unspecified atom stereocenters. The Morgan fingerprint density at radius 2 is 1.65 bits per heavy atom. The zero-order valence-corrected chi connectivity index (χ0v) is 27.3. The van der Waals surface area contributed by atoms with Gasteiger partial charge in [0.1, 0.15) is 23.8 Å². The number of unbranched alkanes of at least 4 members (excludes halogenated alkanes) is 8. The number of rotatable bonds is 18. The first-order valence-corrected chi connectivity index (χ1v) is 16.6. The van der Waals surface area contributed by atoms with E-state index >= 15 is 0 Å². The molecule has 0 saturated carbocycles. The van der Waals surface area contributed by atoms with Crippen LogP contribution in [0.5, 0.6) is 5.75 Å². The summed E-state index contributed by atoms with van der Waals surface area (Å²) in [5.41, 5.74) is 1.10. The van der Waals surface area contributed by atoms with Crippen LogP contribution in [0.2, 0.25) is 0 Å². The monoisotopic (exact) mass is 708 g/mol. The first-order valence-electron chi connectivity index (χ1n) is 15.6. The second-order valence-corrected chi connectivity index (χ2v) is 12.3. The summed E-state index contributed by atoms with van der Waals surface area (Å²) in [5, 5.41) is 23.6. The number of amides is 2. The van der Waals surface area contributed by atoms with Gasteiger partial charge in [0, 0.05) is 31.5 Å². The van der Waals surface area contributed by atoms with Crippen molar-refractivity contribution in [1.29, 1.82) is 0 Å². The maximum Gasteiger partial charge on any atom is 0.247 e. The summed E-state index contributed by atoms with van der Waals surface area (Å²) >= 11 is 2.15. The average molecular weight is 709 g/mol. The number of hydrogen-bond donors (Lipinski definition) is 3. The average Bonchev–Trinajstić information content (AvgIpc) is 3.00. The van der Waals surface area contributed by atoms with E-state index in [1.165, 1.54) is 44.2 Å². The normalized spacial score (nSPS) is 18.2. The van der Waals surface area contributed by atoms with Gasteiger partial charge in [0.05, 0.1) is 16.2 Å². The molecular weight excluding hydrogens is 662 g/mol. The number of carbonyl (C=O) groups excluding carboxylic acids is 2. The van der Waals surface area contributed by atoms with Gasteiger partial charge in [0.15, 0.2) is 0 Å². The molecule has 2 aromatic rings. The standard InChI is InChI=1S/C34H46FIN2O5/c1-2-3-4-5-6-7-8-9-10-15-32(40)38(24-25-16-18-27(35)19-17-25)29-22-26(34(42)37-20-21-39)23-31(33(29)41)43-30-14-12-11-13-28(30)36/h11-14,16-19,23,29,31,33,39,41H,2-10,15,20-22,24H2,1H3,(H,37,42). The summed E-state index contributed by atoms with van der Waals surface area (Å²) in [6.07, 6.45) is 10.2. The lowest BCUT2D eigenvalue weighted by Crippen LogP contribution is -2.54. The molecule has 2 amide bonds. The maximum atomic E-state index is 13.8. The van der Waals surface area contributed by atoms with Crippen LogP contribution < -0.4 is 10.1 Å². The first-order chi connectivity index (χ1) is 20.8. The van der Waals surface area contributed by atoms with Gasteiger partial charge >= 0.3 is 0 Å². The van der Waals surface area contributed by atoms with Gasteiger partial charge in [-0.2, -0.15) is 0 Å². The van der Waals surface area contributed by atoms with Crippen LogP contribution in [-0.4, -0.2) is 58.3 Å². The van der Waals surface area contributed by atoms with Crippen LogP contribution in [0, 0.1) is 9.39 Å². The van der Waals surface area contributed by atoms with E-state index in [4.69, 9.17) is 4.74 Å². The van der Waals surface area contributed by atoms with Crippen molar-refractivity contribution in [1.82, 2.24) is 10.2 Å². The molecule has 0 heterocycles. The van der Waals surface area contributed by atoms with Gasteiger partial charge in [-0.3, -0.25) is 9.59 Å². The number of nitrogens with zero attached hydrogens (tertiary/aromatic N) is 1. The molecule has 236 valence electrons. The molecule has 1 aliphatic rings. The highest BCUT2D eigenvalue weighted by atomic mass is 127. The van der Waals surface area contributed by atoms with Crippen LogP contribution >= 0.6 is 22.6 Å². The third-order valence-corrected chi connectivity index (χ3v) is 8.69. The number of carbonyl (C=O) groups is 2. The van der Waals surface area contributed by atoms with Crippen molar-refractivity contribution in [3.63, 3.8) is 0 Å². The quantitative estimate of drug-likeness (QED) is 0.125. The Hall–Kier alpha value is -2.50. The highest BCUT2D eigenvalue weighted by Gasteiger charge is 2.40. The van der Waals surface area contributed by atoms with E-state index in [2.05, 4.69) is 34.8 Å². The Balaban J connectivity index is 1.79. The summed E-state index contributed by atoms with van der Waals surface area (Å²) in [7, 11) is 0. The fourth-order valence-corrected chi connectivity index (χ4v) is 5.89.